The third-order valence-corrected chi connectivity index (χ3v) is 6.20. The number of aryl methyl sites for hydroxylation is 1. The molecule has 1 saturated heterocycles. The fraction of sp³-hybridized carbons (Fsp3) is 0.577. The van der Waals surface area contributed by atoms with Crippen molar-refractivity contribution < 1.29 is 9.53 Å². The molecule has 3 rings (SSSR count). The Hall–Kier alpha value is -2.63. The van der Waals surface area contributed by atoms with Gasteiger partial charge in [0, 0.05) is 38.2 Å². The van der Waals surface area contributed by atoms with Gasteiger partial charge in [0.05, 0.1) is 0 Å². The lowest BCUT2D eigenvalue weighted by Gasteiger charge is -2.40. The van der Waals surface area contributed by atoms with E-state index in [0.29, 0.717) is 12.3 Å². The van der Waals surface area contributed by atoms with Gasteiger partial charge >= 0.3 is 0 Å². The van der Waals surface area contributed by atoms with Crippen LogP contribution in [-0.4, -0.2) is 46.5 Å². The summed E-state index contributed by atoms with van der Waals surface area (Å²) in [4.78, 5) is 25.7. The van der Waals surface area contributed by atoms with E-state index < -0.39 is 0 Å². The standard InChI is InChI=1S/C26H38N4O2/c1-4-5-6-7-8-9-10-15-26(31)30-17-16-29(19-22(30)3)24-18-25(28-20-27-24)32-23-14-12-11-13-21(23)2/h11-14,18,20,22H,4-10,15-17,19H2,1-3H3. The molecule has 0 saturated carbocycles. The summed E-state index contributed by atoms with van der Waals surface area (Å²) in [6, 6.07) is 9.95. The first-order valence-corrected chi connectivity index (χ1v) is 12.2. The van der Waals surface area contributed by atoms with Crippen molar-refractivity contribution in [3.63, 3.8) is 0 Å². The number of unbranched alkanes of at least 4 members (excludes halogenated alkanes) is 6. The highest BCUT2D eigenvalue weighted by molar-refractivity contribution is 5.76. The first kappa shape index (κ1) is 24.0. The molecular formula is C26H38N4O2. The van der Waals surface area contributed by atoms with Gasteiger partial charge in [0.2, 0.25) is 11.8 Å². The second kappa shape index (κ2) is 12.4. The topological polar surface area (TPSA) is 58.6 Å². The number of anilines is 1. The Morgan fingerprint density at radius 1 is 1.06 bits per heavy atom. The number of hydrogen-bond donors (Lipinski definition) is 0. The maximum Gasteiger partial charge on any atom is 0.224 e. The van der Waals surface area contributed by atoms with E-state index in [9.17, 15) is 4.79 Å². The second-order valence-electron chi connectivity index (χ2n) is 8.84. The molecule has 6 heteroatoms. The predicted molar refractivity (Wildman–Crippen MR) is 129 cm³/mol. The van der Waals surface area contributed by atoms with Crippen LogP contribution in [0.1, 0.15) is 70.8 Å². The van der Waals surface area contributed by atoms with Crippen LogP contribution in [0, 0.1) is 6.92 Å². The molecule has 174 valence electrons. The van der Waals surface area contributed by atoms with Gasteiger partial charge in [-0.3, -0.25) is 4.79 Å². The minimum absolute atomic E-state index is 0.163. The van der Waals surface area contributed by atoms with Crippen molar-refractivity contribution in [2.45, 2.75) is 78.2 Å². The second-order valence-corrected chi connectivity index (χ2v) is 8.84. The molecule has 0 bridgehead atoms. The quantitative estimate of drug-likeness (QED) is 0.418. The molecule has 0 aliphatic carbocycles. The SMILES string of the molecule is CCCCCCCCCC(=O)N1CCN(c2cc(Oc3ccccc3C)ncn2)CC1C. The lowest BCUT2D eigenvalue weighted by molar-refractivity contribution is -0.133. The molecule has 1 unspecified atom stereocenters. The summed E-state index contributed by atoms with van der Waals surface area (Å²) in [6.07, 6.45) is 10.8. The minimum atomic E-state index is 0.163. The summed E-state index contributed by atoms with van der Waals surface area (Å²) in [7, 11) is 0. The Morgan fingerprint density at radius 2 is 1.81 bits per heavy atom. The maximum atomic E-state index is 12.7. The van der Waals surface area contributed by atoms with Gasteiger partial charge in [-0.2, -0.15) is 0 Å². The van der Waals surface area contributed by atoms with Crippen molar-refractivity contribution in [1.82, 2.24) is 14.9 Å². The number of rotatable bonds is 11. The lowest BCUT2D eigenvalue weighted by Crippen LogP contribution is -2.54. The Bertz CT molecular complexity index is 857. The molecule has 0 N–H and O–H groups in total. The first-order valence-electron chi connectivity index (χ1n) is 12.2. The smallest absolute Gasteiger partial charge is 0.224 e. The number of nitrogens with zero attached hydrogens (tertiary/aromatic N) is 4. The maximum absolute atomic E-state index is 12.7. The lowest BCUT2D eigenvalue weighted by atomic mass is 10.1. The van der Waals surface area contributed by atoms with Crippen LogP contribution in [-0.2, 0) is 4.79 Å². The molecule has 1 amide bonds. The number of amides is 1. The zero-order chi connectivity index (χ0) is 22.8. The molecule has 2 aromatic rings. The van der Waals surface area contributed by atoms with Crippen LogP contribution in [0.25, 0.3) is 0 Å². The molecule has 0 spiro atoms. The van der Waals surface area contributed by atoms with Crippen molar-refractivity contribution >= 4 is 11.7 Å². The van der Waals surface area contributed by atoms with Gasteiger partial charge in [0.25, 0.3) is 0 Å². The van der Waals surface area contributed by atoms with Crippen molar-refractivity contribution in [3.05, 3.63) is 42.2 Å². The fourth-order valence-corrected chi connectivity index (χ4v) is 4.26. The molecular weight excluding hydrogens is 400 g/mol. The highest BCUT2D eigenvalue weighted by atomic mass is 16.5. The summed E-state index contributed by atoms with van der Waals surface area (Å²) >= 11 is 0. The molecule has 0 radical (unpaired) electrons. The molecule has 32 heavy (non-hydrogen) atoms. The van der Waals surface area contributed by atoms with E-state index in [1.165, 1.54) is 32.1 Å². The van der Waals surface area contributed by atoms with Gasteiger partial charge < -0.3 is 14.5 Å². The van der Waals surface area contributed by atoms with Gasteiger partial charge in [-0.05, 0) is 31.9 Å². The Kier molecular flexibility index (Phi) is 9.32. The van der Waals surface area contributed by atoms with Crippen LogP contribution in [0.2, 0.25) is 0 Å². The van der Waals surface area contributed by atoms with Crippen molar-refractivity contribution in [2.75, 3.05) is 24.5 Å². The number of benzene rings is 1. The molecule has 1 aliphatic rings. The highest BCUT2D eigenvalue weighted by Gasteiger charge is 2.28. The average Bonchev–Trinajstić information content (AvgIpc) is 2.80. The van der Waals surface area contributed by atoms with E-state index in [-0.39, 0.29) is 11.9 Å². The van der Waals surface area contributed by atoms with Crippen LogP contribution < -0.4 is 9.64 Å². The van der Waals surface area contributed by atoms with Gasteiger partial charge in [-0.25, -0.2) is 9.97 Å². The van der Waals surface area contributed by atoms with Crippen LogP contribution >= 0.6 is 0 Å². The van der Waals surface area contributed by atoms with E-state index in [1.54, 1.807) is 6.33 Å². The molecule has 1 atom stereocenters. The number of aromatic nitrogens is 2. The minimum Gasteiger partial charge on any atom is -0.439 e. The third kappa shape index (κ3) is 6.94. The fourth-order valence-electron chi connectivity index (χ4n) is 4.26. The summed E-state index contributed by atoms with van der Waals surface area (Å²) in [6.45, 7) is 8.65. The zero-order valence-electron chi connectivity index (χ0n) is 19.9. The van der Waals surface area contributed by atoms with Gasteiger partial charge in [0.15, 0.2) is 0 Å². The van der Waals surface area contributed by atoms with E-state index >= 15 is 0 Å². The van der Waals surface area contributed by atoms with Gasteiger partial charge in [-0.1, -0.05) is 63.6 Å². The summed E-state index contributed by atoms with van der Waals surface area (Å²) in [5.41, 5.74) is 1.06. The van der Waals surface area contributed by atoms with Gasteiger partial charge in [0.1, 0.15) is 17.9 Å². The number of piperazine rings is 1. The predicted octanol–water partition coefficient (Wildman–Crippen LogP) is 5.76. The zero-order valence-corrected chi connectivity index (χ0v) is 19.9. The Balaban J connectivity index is 1.47. The van der Waals surface area contributed by atoms with Gasteiger partial charge in [-0.15, -0.1) is 0 Å². The molecule has 1 aromatic heterocycles. The number of hydrogen-bond acceptors (Lipinski definition) is 5. The highest BCUT2D eigenvalue weighted by Crippen LogP contribution is 2.26. The Morgan fingerprint density at radius 3 is 2.56 bits per heavy atom. The number of para-hydroxylation sites is 1. The van der Waals surface area contributed by atoms with E-state index in [0.717, 1.165) is 49.6 Å². The van der Waals surface area contributed by atoms with E-state index in [1.807, 2.05) is 42.2 Å². The summed E-state index contributed by atoms with van der Waals surface area (Å²) in [5.74, 6) is 2.47. The third-order valence-electron chi connectivity index (χ3n) is 6.20. The number of carbonyl (C=O) groups excluding carboxylic acids is 1. The molecule has 6 nitrogen and oxygen atoms in total. The van der Waals surface area contributed by atoms with Crippen molar-refractivity contribution in [2.24, 2.45) is 0 Å². The average molecular weight is 439 g/mol. The van der Waals surface area contributed by atoms with Crippen LogP contribution in [0.3, 0.4) is 0 Å². The monoisotopic (exact) mass is 438 g/mol. The number of ether oxygens (including phenoxy) is 1. The molecule has 2 heterocycles. The van der Waals surface area contributed by atoms with Crippen molar-refractivity contribution in [1.29, 1.82) is 0 Å². The van der Waals surface area contributed by atoms with E-state index in [2.05, 4.69) is 28.7 Å². The largest absolute Gasteiger partial charge is 0.439 e. The Labute approximate surface area is 193 Å². The molecule has 1 aliphatic heterocycles. The summed E-state index contributed by atoms with van der Waals surface area (Å²) in [5, 5.41) is 0. The van der Waals surface area contributed by atoms with E-state index in [4.69, 9.17) is 4.74 Å². The van der Waals surface area contributed by atoms with Crippen LogP contribution in [0.15, 0.2) is 36.7 Å². The normalized spacial score (nSPS) is 16.3. The summed E-state index contributed by atoms with van der Waals surface area (Å²) < 4.78 is 5.97. The molecule has 1 fully saturated rings. The van der Waals surface area contributed by atoms with Crippen LogP contribution in [0.4, 0.5) is 5.82 Å². The van der Waals surface area contributed by atoms with Crippen LogP contribution in [0.5, 0.6) is 11.6 Å². The first-order chi connectivity index (χ1) is 15.6. The molecule has 1 aromatic carbocycles. The van der Waals surface area contributed by atoms with Crippen molar-refractivity contribution in [3.8, 4) is 11.6 Å². The number of carbonyl (C=O) groups is 1.